The van der Waals surface area contributed by atoms with Crippen molar-refractivity contribution in [2.45, 2.75) is 93.5 Å². The van der Waals surface area contributed by atoms with Crippen molar-refractivity contribution in [1.29, 1.82) is 0 Å². The number of likely N-dealkylation sites (N-methyl/N-ethyl adjacent to an activating group) is 1. The third-order valence-electron chi connectivity index (χ3n) is 14.1. The molecule has 6 fully saturated rings. The number of carbonyl (C=O) groups is 2. The van der Waals surface area contributed by atoms with E-state index in [1.54, 1.807) is 51.7 Å². The summed E-state index contributed by atoms with van der Waals surface area (Å²) >= 11 is 0. The van der Waals surface area contributed by atoms with Crippen LogP contribution in [-0.4, -0.2) is 103 Å². The molecule has 8 rings (SSSR count). The first-order valence-electron chi connectivity index (χ1n) is 18.0. The number of fused-ring (bicyclic) bond motifs is 2. The van der Waals surface area contributed by atoms with E-state index in [0.717, 1.165) is 5.56 Å². The zero-order valence-corrected chi connectivity index (χ0v) is 29.2. The first-order valence-corrected chi connectivity index (χ1v) is 18.0. The zero-order valence-electron chi connectivity index (χ0n) is 29.2. The van der Waals surface area contributed by atoms with E-state index in [1.807, 2.05) is 25.1 Å². The summed E-state index contributed by atoms with van der Waals surface area (Å²) < 4.78 is 25.4. The van der Waals surface area contributed by atoms with Crippen LogP contribution in [0.15, 0.2) is 48.5 Å². The number of amides is 1. The maximum atomic E-state index is 14.5. The van der Waals surface area contributed by atoms with Crippen molar-refractivity contribution in [3.63, 3.8) is 0 Å². The van der Waals surface area contributed by atoms with Crippen LogP contribution in [0.2, 0.25) is 0 Å². The molecule has 6 aliphatic rings. The molecule has 1 saturated heterocycles. The van der Waals surface area contributed by atoms with Crippen LogP contribution >= 0.6 is 0 Å². The second kappa shape index (κ2) is 11.6. The smallest absolute Gasteiger partial charge is 0.340 e. The molecule has 7 bridgehead atoms. The number of nitrogens with one attached hydrogen (secondary N) is 1. The number of esters is 1. The Hall–Kier alpha value is -2.86. The van der Waals surface area contributed by atoms with Gasteiger partial charge in [-0.15, -0.1) is 0 Å². The summed E-state index contributed by atoms with van der Waals surface area (Å²) in [5, 5.41) is 29.2. The van der Waals surface area contributed by atoms with Crippen LogP contribution in [-0.2, 0) is 18.9 Å². The van der Waals surface area contributed by atoms with Gasteiger partial charge in [0.1, 0.15) is 16.8 Å². The normalized spacial score (nSPS) is 43.2. The van der Waals surface area contributed by atoms with Crippen molar-refractivity contribution >= 4 is 17.6 Å². The largest absolute Gasteiger partial charge is 0.454 e. The molecule has 10 nitrogen and oxygen atoms in total. The molecule has 0 aromatic heterocycles. The van der Waals surface area contributed by atoms with Crippen LogP contribution in [0.5, 0.6) is 0 Å². The maximum Gasteiger partial charge on any atom is 0.340 e. The van der Waals surface area contributed by atoms with Gasteiger partial charge < -0.3 is 34.5 Å². The molecule has 49 heavy (non-hydrogen) atoms. The van der Waals surface area contributed by atoms with E-state index in [1.165, 1.54) is 0 Å². The predicted molar refractivity (Wildman–Crippen MR) is 181 cm³/mol. The van der Waals surface area contributed by atoms with Crippen LogP contribution in [0.25, 0.3) is 0 Å². The molecule has 2 aromatic rings. The fraction of sp³-hybridized carbons (Fsp3) is 0.641. The average Bonchev–Trinajstić information content (AvgIpc) is 3.49. The number of anilines is 1. The number of rotatable bonds is 8. The van der Waals surface area contributed by atoms with E-state index in [0.29, 0.717) is 68.4 Å². The highest BCUT2D eigenvalue weighted by Gasteiger charge is 2.88. The van der Waals surface area contributed by atoms with Crippen molar-refractivity contribution in [3.8, 4) is 0 Å². The standard InChI is InChI=1S/C39H50N2O8/c1-6-41-21-36(49-35(43)26-12-7-8-13-28(26)40-34(42)23-11-9-10-22(2)16-23)15-14-31(47-4)38-29(36)19-27(32(38)41)37(44)20-25(46-3)17-24-18-30(38)39(37,45)33(24)48-5/h7-13,16,24-25,27,29-33,44-45H,6,14-15,17-21H2,1-5H3,(H,40,42)/t24-,25+,27-,29?,30?,31-,32?,33-,36+,37-,38-,39-/m0/s1. The molecule has 5 saturated carbocycles. The number of aliphatic hydroxyl groups is 2. The predicted octanol–water partition coefficient (Wildman–Crippen LogP) is 4.21. The Balaban J connectivity index is 1.21. The molecule has 1 aliphatic heterocycles. The Morgan fingerprint density at radius 2 is 1.78 bits per heavy atom. The zero-order chi connectivity index (χ0) is 34.5. The van der Waals surface area contributed by atoms with Gasteiger partial charge >= 0.3 is 5.97 Å². The topological polar surface area (TPSA) is 127 Å². The number of likely N-dealkylation sites (tertiary alicyclic amines) is 1. The monoisotopic (exact) mass is 674 g/mol. The van der Waals surface area contributed by atoms with E-state index in [-0.39, 0.29) is 47.8 Å². The van der Waals surface area contributed by atoms with Crippen LogP contribution < -0.4 is 5.32 Å². The van der Waals surface area contributed by atoms with Crippen LogP contribution in [0.1, 0.15) is 71.7 Å². The molecule has 10 heteroatoms. The molecule has 264 valence electrons. The van der Waals surface area contributed by atoms with Crippen molar-refractivity contribution in [1.82, 2.24) is 4.90 Å². The van der Waals surface area contributed by atoms with Crippen LogP contribution in [0, 0.1) is 36.0 Å². The molecule has 2 aromatic carbocycles. The minimum absolute atomic E-state index is 0.00350. The number of methoxy groups -OCH3 is 3. The molecule has 1 spiro atoms. The maximum absolute atomic E-state index is 14.5. The number of para-hydroxylation sites is 1. The van der Waals surface area contributed by atoms with Crippen molar-refractivity contribution < 1.29 is 38.7 Å². The van der Waals surface area contributed by atoms with Gasteiger partial charge in [0.2, 0.25) is 0 Å². The molecular formula is C39H50N2O8. The van der Waals surface area contributed by atoms with Crippen LogP contribution in [0.3, 0.4) is 0 Å². The van der Waals surface area contributed by atoms with Gasteiger partial charge in [-0.2, -0.15) is 0 Å². The SMILES string of the molecule is CCN1C[C@]2(OC(=O)c3ccccc3NC(=O)c3cccc(C)c3)CC[C@H](OC)[C@]34C1[C@H](CC23)[C@@]1(O)C[C@H](OC)C[C@H]2CC4[C@]1(O)[C@H]2OC. The van der Waals surface area contributed by atoms with E-state index in [2.05, 4.69) is 17.1 Å². The van der Waals surface area contributed by atoms with Gasteiger partial charge in [0.15, 0.2) is 0 Å². The summed E-state index contributed by atoms with van der Waals surface area (Å²) in [6.45, 7) is 5.28. The van der Waals surface area contributed by atoms with E-state index < -0.39 is 34.3 Å². The number of piperidine rings is 1. The first-order chi connectivity index (χ1) is 23.5. The second-order valence-electron chi connectivity index (χ2n) is 15.7. The second-order valence-corrected chi connectivity index (χ2v) is 15.7. The number of carbonyl (C=O) groups excluding carboxylic acids is 2. The summed E-state index contributed by atoms with van der Waals surface area (Å²) in [4.78, 5) is 30.2. The number of benzene rings is 2. The lowest BCUT2D eigenvalue weighted by atomic mass is 9.43. The number of nitrogens with zero attached hydrogens (tertiary/aromatic N) is 1. The summed E-state index contributed by atoms with van der Waals surface area (Å²) in [7, 11) is 5.10. The average molecular weight is 675 g/mol. The molecule has 3 unspecified atom stereocenters. The quantitative estimate of drug-likeness (QED) is 0.353. The molecule has 3 N–H and O–H groups in total. The molecule has 1 amide bonds. The van der Waals surface area contributed by atoms with Gasteiger partial charge in [-0.3, -0.25) is 9.69 Å². The Morgan fingerprint density at radius 3 is 2.49 bits per heavy atom. The molecular weight excluding hydrogens is 624 g/mol. The van der Waals surface area contributed by atoms with Gasteiger partial charge in [-0.1, -0.05) is 36.8 Å². The van der Waals surface area contributed by atoms with Crippen LogP contribution in [0.4, 0.5) is 5.69 Å². The van der Waals surface area contributed by atoms with Gasteiger partial charge in [-0.25, -0.2) is 4.79 Å². The minimum atomic E-state index is -1.51. The highest BCUT2D eigenvalue weighted by molar-refractivity contribution is 6.08. The van der Waals surface area contributed by atoms with Gasteiger partial charge in [0.05, 0.1) is 29.6 Å². The van der Waals surface area contributed by atoms with Gasteiger partial charge in [0, 0.05) is 69.1 Å². The van der Waals surface area contributed by atoms with Crippen molar-refractivity contribution in [2.24, 2.45) is 29.1 Å². The summed E-state index contributed by atoms with van der Waals surface area (Å²) in [6.07, 6.45) is 2.62. The molecule has 1 heterocycles. The van der Waals surface area contributed by atoms with E-state index >= 15 is 0 Å². The van der Waals surface area contributed by atoms with Crippen molar-refractivity contribution in [2.75, 3.05) is 39.7 Å². The molecule has 0 radical (unpaired) electrons. The Labute approximate surface area is 288 Å². The van der Waals surface area contributed by atoms with E-state index in [9.17, 15) is 19.8 Å². The summed E-state index contributed by atoms with van der Waals surface area (Å²) in [5.41, 5.74) is -2.27. The highest BCUT2D eigenvalue weighted by Crippen LogP contribution is 2.78. The van der Waals surface area contributed by atoms with Gasteiger partial charge in [0.25, 0.3) is 5.91 Å². The lowest BCUT2D eigenvalue weighted by Crippen LogP contribution is -2.82. The van der Waals surface area contributed by atoms with Crippen molar-refractivity contribution in [3.05, 3.63) is 65.2 Å². The van der Waals surface area contributed by atoms with Gasteiger partial charge in [-0.05, 0) is 75.8 Å². The first kappa shape index (κ1) is 33.3. The highest BCUT2D eigenvalue weighted by atomic mass is 16.6. The third kappa shape index (κ3) is 4.28. The fourth-order valence-electron chi connectivity index (χ4n) is 12.6. The van der Waals surface area contributed by atoms with E-state index in [4.69, 9.17) is 18.9 Å². The Morgan fingerprint density at radius 1 is 0.980 bits per heavy atom. The number of ether oxygens (including phenoxy) is 4. The summed E-state index contributed by atoms with van der Waals surface area (Å²) in [6, 6.07) is 14.3. The number of hydrogen-bond donors (Lipinski definition) is 3. The fourth-order valence-corrected chi connectivity index (χ4v) is 12.6. The molecule has 12 atom stereocenters. The lowest BCUT2D eigenvalue weighted by Gasteiger charge is -2.70. The Bertz CT molecular complexity index is 1650. The Kier molecular flexibility index (Phi) is 7.87. The minimum Gasteiger partial charge on any atom is -0.454 e. The third-order valence-corrected chi connectivity index (χ3v) is 14.1. The molecule has 5 aliphatic carbocycles. The number of aryl methyl sites for hydroxylation is 1. The lowest BCUT2D eigenvalue weighted by molar-refractivity contribution is -0.328. The number of hydrogen-bond acceptors (Lipinski definition) is 9. The summed E-state index contributed by atoms with van der Waals surface area (Å²) in [5.74, 6) is -1.58.